The van der Waals surface area contributed by atoms with E-state index in [9.17, 15) is 14.9 Å². The maximum absolute atomic E-state index is 12.6. The van der Waals surface area contributed by atoms with Crippen molar-refractivity contribution in [3.63, 3.8) is 0 Å². The number of rotatable bonds is 4. The number of methoxy groups -OCH3 is 1. The van der Waals surface area contributed by atoms with Gasteiger partial charge in [-0.15, -0.1) is 0 Å². The van der Waals surface area contributed by atoms with Crippen molar-refractivity contribution in [3.8, 4) is 17.3 Å². The number of carbonyl (C=O) groups is 2. The highest BCUT2D eigenvalue weighted by Gasteiger charge is 2.28. The van der Waals surface area contributed by atoms with Crippen LogP contribution in [0.5, 0.6) is 0 Å². The van der Waals surface area contributed by atoms with Gasteiger partial charge in [0.05, 0.1) is 49.4 Å². The molecule has 0 aliphatic carbocycles. The molecule has 1 aliphatic rings. The van der Waals surface area contributed by atoms with Crippen LogP contribution in [0.4, 0.5) is 4.79 Å². The van der Waals surface area contributed by atoms with Crippen molar-refractivity contribution in [1.29, 1.82) is 5.26 Å². The van der Waals surface area contributed by atoms with E-state index in [1.54, 1.807) is 36.0 Å². The molecule has 1 aromatic carbocycles. The fourth-order valence-corrected chi connectivity index (χ4v) is 4.47. The molecule has 4 rings (SSSR count). The van der Waals surface area contributed by atoms with Crippen LogP contribution in [0.1, 0.15) is 32.7 Å². The molecule has 9 nitrogen and oxygen atoms in total. The zero-order valence-corrected chi connectivity index (χ0v) is 20.7. The smallest absolute Gasteiger partial charge is 0.409 e. The molecule has 0 saturated carbocycles. The predicted molar refractivity (Wildman–Crippen MR) is 130 cm³/mol. The van der Waals surface area contributed by atoms with Crippen LogP contribution in [0.2, 0.25) is 0 Å². The molecular weight excluding hydrogens is 446 g/mol. The molecule has 3 aromatic rings. The molecule has 3 heterocycles. The van der Waals surface area contributed by atoms with Gasteiger partial charge in [-0.25, -0.2) is 9.78 Å². The number of amides is 2. The largest absolute Gasteiger partial charge is 0.453 e. The van der Waals surface area contributed by atoms with Crippen LogP contribution in [0, 0.1) is 25.2 Å². The number of pyridine rings is 1. The van der Waals surface area contributed by atoms with Crippen molar-refractivity contribution in [2.24, 2.45) is 0 Å². The number of hydrogen-bond acceptors (Lipinski definition) is 6. The summed E-state index contributed by atoms with van der Waals surface area (Å²) in [6.07, 6.45) is 1.73. The van der Waals surface area contributed by atoms with Gasteiger partial charge in [0.15, 0.2) is 0 Å². The summed E-state index contributed by atoms with van der Waals surface area (Å²) in [6.45, 7) is 5.19. The van der Waals surface area contributed by atoms with Gasteiger partial charge in [-0.1, -0.05) is 0 Å². The number of nitriles is 1. The van der Waals surface area contributed by atoms with Crippen LogP contribution in [-0.4, -0.2) is 78.2 Å². The van der Waals surface area contributed by atoms with E-state index in [0.717, 1.165) is 28.1 Å². The summed E-state index contributed by atoms with van der Waals surface area (Å²) in [7, 11) is 4.84. The van der Waals surface area contributed by atoms with Gasteiger partial charge in [0.2, 0.25) is 0 Å². The van der Waals surface area contributed by atoms with Crippen molar-refractivity contribution in [2.75, 3.05) is 40.9 Å². The van der Waals surface area contributed by atoms with Crippen LogP contribution >= 0.6 is 0 Å². The summed E-state index contributed by atoms with van der Waals surface area (Å²) < 4.78 is 12.9. The molecule has 1 fully saturated rings. The van der Waals surface area contributed by atoms with Gasteiger partial charge in [0.25, 0.3) is 5.91 Å². The number of imidazole rings is 1. The molecule has 1 atom stereocenters. The maximum atomic E-state index is 12.6. The number of nitrogens with zero attached hydrogens (tertiary/aromatic N) is 5. The Kier molecular flexibility index (Phi) is 6.76. The van der Waals surface area contributed by atoms with E-state index in [4.69, 9.17) is 14.5 Å². The van der Waals surface area contributed by atoms with Gasteiger partial charge in [0.1, 0.15) is 5.65 Å². The molecule has 2 aromatic heterocycles. The monoisotopic (exact) mass is 475 g/mol. The Morgan fingerprint density at radius 1 is 1.26 bits per heavy atom. The Bertz CT molecular complexity index is 1340. The fourth-order valence-electron chi connectivity index (χ4n) is 4.47. The molecule has 0 N–H and O–H groups in total. The van der Waals surface area contributed by atoms with Gasteiger partial charge in [-0.3, -0.25) is 4.79 Å². The number of ether oxygens (including phenoxy) is 2. The number of aromatic nitrogens is 2. The Morgan fingerprint density at radius 2 is 2.03 bits per heavy atom. The van der Waals surface area contributed by atoms with E-state index in [1.807, 2.05) is 36.6 Å². The molecule has 1 saturated heterocycles. The van der Waals surface area contributed by atoms with Crippen molar-refractivity contribution in [3.05, 3.63) is 58.4 Å². The van der Waals surface area contributed by atoms with Gasteiger partial charge in [-0.05, 0) is 49.2 Å². The minimum Gasteiger partial charge on any atom is -0.453 e. The lowest BCUT2D eigenvalue weighted by Gasteiger charge is -2.32. The quantitative estimate of drug-likeness (QED) is 0.575. The van der Waals surface area contributed by atoms with Crippen LogP contribution < -0.4 is 0 Å². The number of hydrogen-bond donors (Lipinski definition) is 0. The zero-order chi connectivity index (χ0) is 25.3. The first kappa shape index (κ1) is 24.2. The van der Waals surface area contributed by atoms with Gasteiger partial charge < -0.3 is 23.7 Å². The third-order valence-corrected chi connectivity index (χ3v) is 6.31. The maximum Gasteiger partial charge on any atom is 0.409 e. The van der Waals surface area contributed by atoms with E-state index in [0.29, 0.717) is 42.9 Å². The first-order valence-corrected chi connectivity index (χ1v) is 11.4. The van der Waals surface area contributed by atoms with Crippen LogP contribution in [0.15, 0.2) is 30.5 Å². The lowest BCUT2D eigenvalue weighted by atomic mass is 9.95. The first-order valence-electron chi connectivity index (χ1n) is 11.4. The highest BCUT2D eigenvalue weighted by molar-refractivity contribution is 5.96. The van der Waals surface area contributed by atoms with Gasteiger partial charge in [0, 0.05) is 44.4 Å². The normalized spacial score (nSPS) is 15.7. The topological polar surface area (TPSA) is 100 Å². The van der Waals surface area contributed by atoms with Crippen molar-refractivity contribution < 1.29 is 19.1 Å². The van der Waals surface area contributed by atoms with Crippen LogP contribution in [-0.2, 0) is 15.9 Å². The average Bonchev–Trinajstić information content (AvgIpc) is 3.21. The van der Waals surface area contributed by atoms with E-state index in [2.05, 4.69) is 6.07 Å². The minimum absolute atomic E-state index is 0.0513. The highest BCUT2D eigenvalue weighted by Crippen LogP contribution is 2.32. The third-order valence-electron chi connectivity index (χ3n) is 6.31. The van der Waals surface area contributed by atoms with Crippen LogP contribution in [0.25, 0.3) is 16.9 Å². The third kappa shape index (κ3) is 4.70. The fraction of sp³-hybridized carbons (Fsp3) is 0.385. The Morgan fingerprint density at radius 3 is 2.71 bits per heavy atom. The summed E-state index contributed by atoms with van der Waals surface area (Å²) in [5.74, 6) is -0.0513. The minimum atomic E-state index is -0.372. The van der Waals surface area contributed by atoms with Crippen molar-refractivity contribution >= 4 is 17.6 Å². The zero-order valence-electron chi connectivity index (χ0n) is 20.7. The Hall–Kier alpha value is -3.90. The average molecular weight is 476 g/mol. The summed E-state index contributed by atoms with van der Waals surface area (Å²) in [4.78, 5) is 32.8. The SMILES string of the molecule is COC(=O)N1CCO[C@@H](Cc2c(-c3cc(C)c(C(=O)N(C)C)cc3C)nc3cc(C#N)ccn23)C1. The van der Waals surface area contributed by atoms with Crippen LogP contribution in [0.3, 0.4) is 0 Å². The number of morpholine rings is 1. The van der Waals surface area contributed by atoms with Crippen molar-refractivity contribution in [1.82, 2.24) is 19.2 Å². The summed E-state index contributed by atoms with van der Waals surface area (Å²) in [5.41, 5.74) is 6.20. The molecule has 2 amide bonds. The highest BCUT2D eigenvalue weighted by atomic mass is 16.5. The standard InChI is InChI=1S/C26H29N5O4/c1-16-11-21(25(32)29(3)4)17(2)10-20(16)24-22(31-7-6-18(14-27)12-23(31)28-24)13-19-15-30(8-9-35-19)26(33)34-5/h6-7,10-12,19H,8-9,13,15H2,1-5H3/t19-/m0/s1. The summed E-state index contributed by atoms with van der Waals surface area (Å²) >= 11 is 0. The number of fused-ring (bicyclic) bond motifs is 1. The molecule has 9 heteroatoms. The number of carbonyl (C=O) groups excluding carboxylic acids is 2. The predicted octanol–water partition coefficient (Wildman–Crippen LogP) is 3.20. The van der Waals surface area contributed by atoms with Gasteiger partial charge in [-0.2, -0.15) is 5.26 Å². The van der Waals surface area contributed by atoms with Gasteiger partial charge >= 0.3 is 6.09 Å². The molecule has 0 unspecified atom stereocenters. The molecule has 0 radical (unpaired) electrons. The molecule has 182 valence electrons. The number of benzene rings is 1. The van der Waals surface area contributed by atoms with E-state index >= 15 is 0 Å². The number of aryl methyl sites for hydroxylation is 2. The molecule has 1 aliphatic heterocycles. The Balaban J connectivity index is 1.80. The molecule has 35 heavy (non-hydrogen) atoms. The lowest BCUT2D eigenvalue weighted by molar-refractivity contribution is -0.0241. The van der Waals surface area contributed by atoms with E-state index in [1.165, 1.54) is 7.11 Å². The second-order valence-electron chi connectivity index (χ2n) is 8.96. The first-order chi connectivity index (χ1) is 16.7. The van der Waals surface area contributed by atoms with E-state index < -0.39 is 0 Å². The lowest BCUT2D eigenvalue weighted by Crippen LogP contribution is -2.46. The summed E-state index contributed by atoms with van der Waals surface area (Å²) in [6, 6.07) is 9.56. The molecule has 0 spiro atoms. The molecular formula is C26H29N5O4. The second-order valence-corrected chi connectivity index (χ2v) is 8.96. The summed E-state index contributed by atoms with van der Waals surface area (Å²) in [5, 5.41) is 9.37. The second kappa shape index (κ2) is 9.76. The Labute approximate surface area is 204 Å². The molecule has 0 bridgehead atoms. The van der Waals surface area contributed by atoms with E-state index in [-0.39, 0.29) is 18.1 Å². The van der Waals surface area contributed by atoms with Crippen molar-refractivity contribution in [2.45, 2.75) is 26.4 Å².